The minimum Gasteiger partial charge on any atom is -0.479 e. The van der Waals surface area contributed by atoms with Crippen LogP contribution in [0.2, 0.25) is 0 Å². The van der Waals surface area contributed by atoms with E-state index in [1.807, 2.05) is 29.2 Å². The molecule has 3 aliphatic heterocycles. The highest BCUT2D eigenvalue weighted by molar-refractivity contribution is 6.00. The van der Waals surface area contributed by atoms with Crippen LogP contribution in [0.5, 0.6) is 5.75 Å². The third-order valence-corrected chi connectivity index (χ3v) is 6.21. The summed E-state index contributed by atoms with van der Waals surface area (Å²) in [7, 11) is 0. The fourth-order valence-electron chi connectivity index (χ4n) is 4.47. The van der Waals surface area contributed by atoms with Gasteiger partial charge in [0.05, 0.1) is 18.9 Å². The van der Waals surface area contributed by atoms with Gasteiger partial charge in [-0.15, -0.1) is 0 Å². The van der Waals surface area contributed by atoms with Gasteiger partial charge in [-0.05, 0) is 37.8 Å². The van der Waals surface area contributed by atoms with Crippen molar-refractivity contribution >= 4 is 17.5 Å². The Balaban J connectivity index is 1.27. The van der Waals surface area contributed by atoms with Crippen LogP contribution in [0.4, 0.5) is 5.69 Å². The van der Waals surface area contributed by atoms with Gasteiger partial charge in [-0.3, -0.25) is 14.5 Å². The number of anilines is 1. The van der Waals surface area contributed by atoms with Crippen LogP contribution in [0.25, 0.3) is 0 Å². The number of likely N-dealkylation sites (tertiary alicyclic amines) is 1. The fourth-order valence-corrected chi connectivity index (χ4v) is 4.47. The zero-order chi connectivity index (χ0) is 20.2. The molecule has 0 spiro atoms. The van der Waals surface area contributed by atoms with Crippen molar-refractivity contribution in [2.45, 2.75) is 32.3 Å². The van der Waals surface area contributed by atoms with Gasteiger partial charge in [0.1, 0.15) is 5.75 Å². The first kappa shape index (κ1) is 20.2. The average Bonchev–Trinajstić information content (AvgIpc) is 2.75. The summed E-state index contributed by atoms with van der Waals surface area (Å²) in [6.45, 7) is 8.61. The molecule has 3 heterocycles. The Morgan fingerprint density at radius 3 is 2.59 bits per heavy atom. The summed E-state index contributed by atoms with van der Waals surface area (Å²) in [6.07, 6.45) is 1.94. The van der Waals surface area contributed by atoms with Gasteiger partial charge in [0.15, 0.2) is 6.10 Å². The molecule has 0 bridgehead atoms. The molecule has 29 heavy (non-hydrogen) atoms. The van der Waals surface area contributed by atoms with Gasteiger partial charge in [-0.25, -0.2) is 0 Å². The average molecular weight is 402 g/mol. The van der Waals surface area contributed by atoms with Gasteiger partial charge in [0.25, 0.3) is 5.91 Å². The van der Waals surface area contributed by atoms with Crippen LogP contribution in [-0.2, 0) is 14.3 Å². The lowest BCUT2D eigenvalue weighted by atomic mass is 9.95. The number of rotatable bonds is 5. The molecule has 1 aromatic carbocycles. The van der Waals surface area contributed by atoms with Crippen molar-refractivity contribution in [2.24, 2.45) is 5.92 Å². The van der Waals surface area contributed by atoms with Crippen molar-refractivity contribution < 1.29 is 19.1 Å². The van der Waals surface area contributed by atoms with Gasteiger partial charge in [0, 0.05) is 45.7 Å². The number of piperidine rings is 1. The first-order chi connectivity index (χ1) is 14.1. The molecule has 1 unspecified atom stereocenters. The number of fused-ring (bicyclic) bond motifs is 1. The van der Waals surface area contributed by atoms with E-state index in [0.717, 1.165) is 64.5 Å². The third kappa shape index (κ3) is 4.73. The van der Waals surface area contributed by atoms with E-state index in [-0.39, 0.29) is 11.8 Å². The summed E-state index contributed by atoms with van der Waals surface area (Å²) in [6, 6.07) is 7.53. The normalized spacial score (nSPS) is 23.6. The number of amides is 2. The molecule has 0 radical (unpaired) electrons. The zero-order valence-corrected chi connectivity index (χ0v) is 17.2. The summed E-state index contributed by atoms with van der Waals surface area (Å²) >= 11 is 0. The Morgan fingerprint density at radius 2 is 1.83 bits per heavy atom. The van der Waals surface area contributed by atoms with Crippen molar-refractivity contribution in [3.63, 3.8) is 0 Å². The van der Waals surface area contributed by atoms with Crippen LogP contribution in [0.1, 0.15) is 26.2 Å². The number of morpholine rings is 1. The molecule has 4 rings (SSSR count). The van der Waals surface area contributed by atoms with Gasteiger partial charge in [-0.2, -0.15) is 0 Å². The van der Waals surface area contributed by atoms with Crippen LogP contribution in [0.3, 0.4) is 0 Å². The van der Waals surface area contributed by atoms with E-state index in [9.17, 15) is 9.59 Å². The second kappa shape index (κ2) is 9.13. The van der Waals surface area contributed by atoms with Crippen molar-refractivity contribution in [3.05, 3.63) is 24.3 Å². The van der Waals surface area contributed by atoms with E-state index in [2.05, 4.69) is 4.90 Å². The molecule has 2 saturated heterocycles. The highest BCUT2D eigenvalue weighted by Gasteiger charge is 2.32. The molecule has 7 nitrogen and oxygen atoms in total. The molecule has 158 valence electrons. The maximum atomic E-state index is 12.8. The molecule has 1 atom stereocenters. The number of hydrogen-bond acceptors (Lipinski definition) is 5. The summed E-state index contributed by atoms with van der Waals surface area (Å²) < 4.78 is 11.1. The van der Waals surface area contributed by atoms with E-state index in [1.165, 1.54) is 0 Å². The van der Waals surface area contributed by atoms with E-state index in [4.69, 9.17) is 9.47 Å². The summed E-state index contributed by atoms with van der Waals surface area (Å²) in [5.74, 6) is 1.42. The topological polar surface area (TPSA) is 62.3 Å². The zero-order valence-electron chi connectivity index (χ0n) is 17.2. The van der Waals surface area contributed by atoms with Crippen molar-refractivity contribution in [3.8, 4) is 5.75 Å². The quantitative estimate of drug-likeness (QED) is 0.752. The summed E-state index contributed by atoms with van der Waals surface area (Å²) in [4.78, 5) is 31.5. The number of hydrogen-bond donors (Lipinski definition) is 0. The molecule has 3 aliphatic rings. The monoisotopic (exact) mass is 401 g/mol. The lowest BCUT2D eigenvalue weighted by molar-refractivity contribution is -0.132. The second-order valence-electron chi connectivity index (χ2n) is 8.20. The Morgan fingerprint density at radius 1 is 1.10 bits per heavy atom. The Hall–Kier alpha value is -2.12. The number of ether oxygens (including phenoxy) is 2. The van der Waals surface area contributed by atoms with E-state index in [0.29, 0.717) is 24.6 Å². The highest BCUT2D eigenvalue weighted by atomic mass is 16.5. The van der Waals surface area contributed by atoms with Gasteiger partial charge in [0.2, 0.25) is 5.91 Å². The van der Waals surface area contributed by atoms with E-state index >= 15 is 0 Å². The standard InChI is InChI=1S/C22H31N3O4/c1-17-22(27)25(19-4-2-3-5-20(19)29-17)11-8-21(26)24-9-6-18(7-10-24)16-23-12-14-28-15-13-23/h2-5,17-18H,6-16H2,1H3. The first-order valence-electron chi connectivity index (χ1n) is 10.8. The number of carbonyl (C=O) groups excluding carboxylic acids is 2. The maximum Gasteiger partial charge on any atom is 0.267 e. The second-order valence-corrected chi connectivity index (χ2v) is 8.20. The Bertz CT molecular complexity index is 727. The highest BCUT2D eigenvalue weighted by Crippen LogP contribution is 2.33. The minimum atomic E-state index is -0.518. The largest absolute Gasteiger partial charge is 0.479 e. The number of carbonyl (C=O) groups is 2. The van der Waals surface area contributed by atoms with Crippen LogP contribution in [0, 0.1) is 5.92 Å². The van der Waals surface area contributed by atoms with Crippen LogP contribution in [0.15, 0.2) is 24.3 Å². The van der Waals surface area contributed by atoms with E-state index in [1.54, 1.807) is 11.8 Å². The van der Waals surface area contributed by atoms with Gasteiger partial charge >= 0.3 is 0 Å². The Kier molecular flexibility index (Phi) is 6.35. The van der Waals surface area contributed by atoms with Crippen LogP contribution >= 0.6 is 0 Å². The molecule has 7 heteroatoms. The summed E-state index contributed by atoms with van der Waals surface area (Å²) in [5, 5.41) is 0. The molecular weight excluding hydrogens is 370 g/mol. The molecule has 0 N–H and O–H groups in total. The van der Waals surface area contributed by atoms with Crippen molar-refractivity contribution in [1.82, 2.24) is 9.80 Å². The molecular formula is C22H31N3O4. The molecule has 0 aromatic heterocycles. The minimum absolute atomic E-state index is 0.0827. The number of para-hydroxylation sites is 2. The maximum absolute atomic E-state index is 12.8. The molecule has 2 fully saturated rings. The molecule has 1 aromatic rings. The van der Waals surface area contributed by atoms with Crippen LogP contribution in [-0.4, -0.2) is 80.2 Å². The first-order valence-corrected chi connectivity index (χ1v) is 10.8. The lowest BCUT2D eigenvalue weighted by Crippen LogP contribution is -2.47. The van der Waals surface area contributed by atoms with Gasteiger partial charge in [-0.1, -0.05) is 12.1 Å². The summed E-state index contributed by atoms with van der Waals surface area (Å²) in [5.41, 5.74) is 0.757. The fraction of sp³-hybridized carbons (Fsp3) is 0.636. The smallest absolute Gasteiger partial charge is 0.267 e. The van der Waals surface area contributed by atoms with Gasteiger partial charge < -0.3 is 19.3 Å². The van der Waals surface area contributed by atoms with Crippen molar-refractivity contribution in [1.29, 1.82) is 0 Å². The Labute approximate surface area is 172 Å². The molecule has 2 amide bonds. The predicted molar refractivity (Wildman–Crippen MR) is 110 cm³/mol. The molecule has 0 saturated carbocycles. The SMILES string of the molecule is CC1Oc2ccccc2N(CCC(=O)N2CCC(CN3CCOCC3)CC2)C1=O. The molecule has 0 aliphatic carbocycles. The van der Waals surface area contributed by atoms with E-state index < -0.39 is 6.10 Å². The number of nitrogens with zero attached hydrogens (tertiary/aromatic N) is 3. The predicted octanol–water partition coefficient (Wildman–Crippen LogP) is 1.76. The number of benzene rings is 1. The van der Waals surface area contributed by atoms with Crippen molar-refractivity contribution in [2.75, 3.05) is 57.4 Å². The lowest BCUT2D eigenvalue weighted by Gasteiger charge is -2.37. The van der Waals surface area contributed by atoms with Crippen LogP contribution < -0.4 is 9.64 Å². The third-order valence-electron chi connectivity index (χ3n) is 6.21.